The molecule has 14 heteroatoms. The normalized spacial score (nSPS) is 15.9. The van der Waals surface area contributed by atoms with E-state index in [1.807, 2.05) is 84.9 Å². The van der Waals surface area contributed by atoms with Gasteiger partial charge in [0.25, 0.3) is 0 Å². The number of halogens is 2. The van der Waals surface area contributed by atoms with Crippen LogP contribution in [0.3, 0.4) is 0 Å². The van der Waals surface area contributed by atoms with Crippen molar-refractivity contribution in [1.29, 1.82) is 0 Å². The SMILES string of the molecule is O.O.OC(CCl)[C-]1CN(Cc2ccccn2)Cc2ccccc2O1.OC(CCl)[C-]1CN(Cc2ccccn2)Cc2ccccc2O1.[Fe+2].[Fe+2]. The van der Waals surface area contributed by atoms with Crippen LogP contribution in [-0.2, 0) is 60.3 Å². The molecule has 6 N–H and O–H groups in total. The molecule has 2 aromatic carbocycles. The van der Waals surface area contributed by atoms with Crippen LogP contribution in [0.4, 0.5) is 0 Å². The van der Waals surface area contributed by atoms with Crippen molar-refractivity contribution >= 4 is 23.2 Å². The second kappa shape index (κ2) is 22.4. The van der Waals surface area contributed by atoms with Crippen molar-refractivity contribution in [2.75, 3.05) is 24.8 Å². The Hall–Kier alpha value is -2.28. The van der Waals surface area contributed by atoms with Crippen LogP contribution in [0.5, 0.6) is 11.5 Å². The molecule has 0 aliphatic carbocycles. The number of aliphatic hydroxyl groups is 2. The van der Waals surface area contributed by atoms with Crippen molar-refractivity contribution in [3.05, 3.63) is 132 Å². The second-order valence-corrected chi connectivity index (χ2v) is 11.2. The molecule has 0 fully saturated rings. The number of ether oxygens (including phenoxy) is 2. The van der Waals surface area contributed by atoms with Crippen molar-refractivity contribution in [3.63, 3.8) is 0 Å². The van der Waals surface area contributed by atoms with E-state index in [9.17, 15) is 10.2 Å². The maximum absolute atomic E-state index is 10.1. The first-order valence-electron chi connectivity index (χ1n) is 14.5. The van der Waals surface area contributed by atoms with Crippen LogP contribution in [0, 0.1) is 12.2 Å². The third kappa shape index (κ3) is 12.6. The number of aliphatic hydroxyl groups excluding tert-OH is 2. The molecule has 6 rings (SSSR count). The molecule has 0 bridgehead atoms. The number of nitrogens with zero attached hydrogens (tertiary/aromatic N) is 4. The fraction of sp³-hybridized carbons (Fsp3) is 0.294. The fourth-order valence-electron chi connectivity index (χ4n) is 5.03. The first-order chi connectivity index (χ1) is 21.5. The van der Waals surface area contributed by atoms with Gasteiger partial charge in [-0.15, -0.1) is 35.4 Å². The van der Waals surface area contributed by atoms with E-state index in [4.69, 9.17) is 32.7 Å². The molecule has 260 valence electrons. The zero-order chi connectivity index (χ0) is 30.7. The number of hydrogen-bond acceptors (Lipinski definition) is 8. The maximum atomic E-state index is 10.1. The zero-order valence-electron chi connectivity index (χ0n) is 26.0. The number of fused-ring (bicyclic) bond motifs is 2. The molecule has 4 aromatic rings. The fourth-order valence-corrected chi connectivity index (χ4v) is 5.38. The van der Waals surface area contributed by atoms with E-state index < -0.39 is 12.2 Å². The number of benzene rings is 2. The largest absolute Gasteiger partial charge is 2.00 e. The zero-order valence-corrected chi connectivity index (χ0v) is 29.7. The number of alkyl halides is 2. The van der Waals surface area contributed by atoms with Crippen LogP contribution >= 0.6 is 23.2 Å². The Balaban J connectivity index is 0.000000443. The van der Waals surface area contributed by atoms with E-state index in [-0.39, 0.29) is 56.8 Å². The van der Waals surface area contributed by atoms with Gasteiger partial charge in [0.05, 0.1) is 22.9 Å². The first-order valence-corrected chi connectivity index (χ1v) is 15.5. The van der Waals surface area contributed by atoms with Gasteiger partial charge in [-0.2, -0.15) is 0 Å². The van der Waals surface area contributed by atoms with Crippen LogP contribution in [0.25, 0.3) is 0 Å². The van der Waals surface area contributed by atoms with Crippen LogP contribution < -0.4 is 9.47 Å². The number of para-hydroxylation sites is 2. The minimum atomic E-state index is -0.779. The molecule has 0 radical (unpaired) electrons. The monoisotopic (exact) mass is 782 g/mol. The van der Waals surface area contributed by atoms with Gasteiger partial charge in [-0.25, -0.2) is 0 Å². The number of pyridine rings is 2. The van der Waals surface area contributed by atoms with Gasteiger partial charge in [0.1, 0.15) is 0 Å². The minimum absolute atomic E-state index is 0. The van der Waals surface area contributed by atoms with E-state index >= 15 is 0 Å². The molecule has 0 spiro atoms. The molecule has 0 saturated heterocycles. The summed E-state index contributed by atoms with van der Waals surface area (Å²) < 4.78 is 11.8. The molecular weight excluding hydrogens is 743 g/mol. The van der Waals surface area contributed by atoms with E-state index in [1.54, 1.807) is 12.4 Å². The smallest absolute Gasteiger partial charge is 0.655 e. The Morgan fingerprint density at radius 1 is 0.625 bits per heavy atom. The number of rotatable bonds is 8. The Labute approximate surface area is 313 Å². The van der Waals surface area contributed by atoms with Crippen molar-refractivity contribution in [2.24, 2.45) is 0 Å². The molecule has 2 unspecified atom stereocenters. The van der Waals surface area contributed by atoms with Crippen LogP contribution in [0.1, 0.15) is 22.5 Å². The minimum Gasteiger partial charge on any atom is -0.655 e. The first kappa shape index (κ1) is 43.7. The predicted octanol–water partition coefficient (Wildman–Crippen LogP) is 3.56. The van der Waals surface area contributed by atoms with Crippen LogP contribution in [-0.4, -0.2) is 78.0 Å². The standard InChI is InChI=1S/2C17H18ClN2O2.2Fe.2H2O/c2*18-9-15(21)17-12-20(11-14-6-3-4-8-19-14)10-13-5-1-2-7-16(13)22-17;;;;/h2*1-8,15,21H,9-12H2;;;2*1H2/q2*-1;2*+2;;. The van der Waals surface area contributed by atoms with Gasteiger partial charge in [0.15, 0.2) is 0 Å². The Kier molecular flexibility index (Phi) is 20.4. The Morgan fingerprint density at radius 2 is 1.00 bits per heavy atom. The quantitative estimate of drug-likeness (QED) is 0.156. The van der Waals surface area contributed by atoms with Gasteiger partial charge in [0, 0.05) is 61.5 Å². The van der Waals surface area contributed by atoms with Gasteiger partial charge in [0.2, 0.25) is 0 Å². The third-order valence-electron chi connectivity index (χ3n) is 7.23. The Morgan fingerprint density at radius 3 is 1.35 bits per heavy atom. The summed E-state index contributed by atoms with van der Waals surface area (Å²) in [6.45, 7) is 3.92. The molecule has 2 atom stereocenters. The van der Waals surface area contributed by atoms with Gasteiger partial charge in [-0.3, -0.25) is 9.97 Å². The van der Waals surface area contributed by atoms with Crippen molar-refractivity contribution < 1.29 is 64.8 Å². The van der Waals surface area contributed by atoms with Crippen molar-refractivity contribution in [1.82, 2.24) is 19.8 Å². The van der Waals surface area contributed by atoms with E-state index in [1.165, 1.54) is 0 Å². The summed E-state index contributed by atoms with van der Waals surface area (Å²) in [4.78, 5) is 13.1. The van der Waals surface area contributed by atoms with E-state index in [0.717, 1.165) is 47.1 Å². The summed E-state index contributed by atoms with van der Waals surface area (Å²) in [6.07, 6.45) is 3.18. The number of hydrogen-bond donors (Lipinski definition) is 2. The molecule has 4 heterocycles. The molecule has 48 heavy (non-hydrogen) atoms. The van der Waals surface area contributed by atoms with Gasteiger partial charge in [-0.05, 0) is 48.6 Å². The van der Waals surface area contributed by atoms with Gasteiger partial charge >= 0.3 is 34.1 Å². The molecular formula is C34H40Cl2Fe2N4O6+2. The third-order valence-corrected chi connectivity index (χ3v) is 7.82. The molecule has 10 nitrogen and oxygen atoms in total. The van der Waals surface area contributed by atoms with E-state index in [2.05, 4.69) is 19.8 Å². The van der Waals surface area contributed by atoms with E-state index in [0.29, 0.717) is 38.4 Å². The van der Waals surface area contributed by atoms with Gasteiger partial charge in [-0.1, -0.05) is 61.6 Å². The van der Waals surface area contributed by atoms with Crippen LogP contribution in [0.15, 0.2) is 97.3 Å². The predicted molar refractivity (Wildman–Crippen MR) is 178 cm³/mol. The maximum Gasteiger partial charge on any atom is 2.00 e. The Bertz CT molecular complexity index is 1340. The molecule has 2 aromatic heterocycles. The summed E-state index contributed by atoms with van der Waals surface area (Å²) in [5.41, 5.74) is 4.16. The van der Waals surface area contributed by atoms with Crippen LogP contribution in [0.2, 0.25) is 0 Å². The van der Waals surface area contributed by atoms with Gasteiger partial charge < -0.3 is 40.4 Å². The summed E-state index contributed by atoms with van der Waals surface area (Å²) in [5, 5.41) is 20.2. The average molecular weight is 783 g/mol. The van der Waals surface area contributed by atoms with Crippen molar-refractivity contribution in [3.8, 4) is 11.5 Å². The summed E-state index contributed by atoms with van der Waals surface area (Å²) in [7, 11) is 0. The molecule has 2 aliphatic heterocycles. The summed E-state index contributed by atoms with van der Waals surface area (Å²) in [6, 6.07) is 27.5. The second-order valence-electron chi connectivity index (χ2n) is 10.6. The summed E-state index contributed by atoms with van der Waals surface area (Å²) in [5.74, 6) is 1.81. The average Bonchev–Trinajstić information content (AvgIpc) is 3.36. The number of aromatic nitrogens is 2. The topological polar surface area (TPSA) is 154 Å². The summed E-state index contributed by atoms with van der Waals surface area (Å²) >= 11 is 11.6. The molecule has 0 amide bonds. The molecule has 0 saturated carbocycles. The molecule has 2 aliphatic rings. The van der Waals surface area contributed by atoms with Crippen molar-refractivity contribution in [2.45, 2.75) is 38.4 Å².